The number of ether oxygens (including phenoxy) is 1. The van der Waals surface area contributed by atoms with Crippen molar-refractivity contribution in [3.63, 3.8) is 0 Å². The summed E-state index contributed by atoms with van der Waals surface area (Å²) in [4.78, 5) is 0. The maximum Gasteiger partial charge on any atom is 0.386 e. The van der Waals surface area contributed by atoms with Crippen molar-refractivity contribution in [3.8, 4) is 0 Å². The van der Waals surface area contributed by atoms with Crippen molar-refractivity contribution in [2.45, 2.75) is 108 Å². The van der Waals surface area contributed by atoms with E-state index in [0.717, 1.165) is 42.7 Å². The molecule has 0 spiro atoms. The van der Waals surface area contributed by atoms with E-state index < -0.39 is 17.5 Å². The van der Waals surface area contributed by atoms with Gasteiger partial charge in [-0.15, -0.1) is 6.58 Å². The van der Waals surface area contributed by atoms with Gasteiger partial charge in [0.2, 0.25) is 0 Å². The topological polar surface area (TPSA) is 9.23 Å². The fraction of sp³-hybridized carbons (Fsp3) is 0.588. The van der Waals surface area contributed by atoms with Crippen LogP contribution in [-0.2, 0) is 17.3 Å². The fourth-order valence-electron chi connectivity index (χ4n) is 6.51. The zero-order valence-corrected chi connectivity index (χ0v) is 23.1. The van der Waals surface area contributed by atoms with Gasteiger partial charge in [0.05, 0.1) is 12.2 Å². The average molecular weight is 527 g/mol. The molecule has 2 fully saturated rings. The van der Waals surface area contributed by atoms with Gasteiger partial charge in [-0.25, -0.2) is 4.39 Å². The van der Waals surface area contributed by atoms with E-state index in [9.17, 15) is 13.2 Å². The van der Waals surface area contributed by atoms with Gasteiger partial charge in [-0.1, -0.05) is 69.0 Å². The van der Waals surface area contributed by atoms with Crippen molar-refractivity contribution in [2.24, 2.45) is 11.8 Å². The molecule has 4 heteroatoms. The first-order chi connectivity index (χ1) is 18.4. The van der Waals surface area contributed by atoms with Crippen molar-refractivity contribution in [3.05, 3.63) is 83.2 Å². The summed E-state index contributed by atoms with van der Waals surface area (Å²) in [5.74, 6) is 1.32. The Labute approximate surface area is 227 Å². The van der Waals surface area contributed by atoms with E-state index >= 15 is 0 Å². The molecule has 0 bridgehead atoms. The van der Waals surface area contributed by atoms with Gasteiger partial charge >= 0.3 is 6.11 Å². The number of hydrogen-bond acceptors (Lipinski definition) is 1. The molecule has 38 heavy (non-hydrogen) atoms. The van der Waals surface area contributed by atoms with Crippen molar-refractivity contribution >= 4 is 0 Å². The number of benzene rings is 2. The highest BCUT2D eigenvalue weighted by atomic mass is 19.3. The van der Waals surface area contributed by atoms with Gasteiger partial charge in [-0.2, -0.15) is 8.78 Å². The number of allylic oxidation sites excluding steroid dienone is 1. The molecule has 0 saturated heterocycles. The molecule has 0 aliphatic heterocycles. The van der Waals surface area contributed by atoms with Crippen LogP contribution < -0.4 is 0 Å². The van der Waals surface area contributed by atoms with Crippen LogP contribution in [0.5, 0.6) is 0 Å². The zero-order chi connectivity index (χ0) is 27.0. The van der Waals surface area contributed by atoms with E-state index in [1.165, 1.54) is 69.1 Å². The third kappa shape index (κ3) is 7.74. The van der Waals surface area contributed by atoms with Gasteiger partial charge in [0.15, 0.2) is 0 Å². The van der Waals surface area contributed by atoms with Crippen molar-refractivity contribution in [1.29, 1.82) is 0 Å². The van der Waals surface area contributed by atoms with Crippen LogP contribution in [-0.4, -0.2) is 6.61 Å². The van der Waals surface area contributed by atoms with E-state index in [-0.39, 0.29) is 12.5 Å². The smallest absolute Gasteiger partial charge is 0.316 e. The summed E-state index contributed by atoms with van der Waals surface area (Å²) in [7, 11) is 0. The van der Waals surface area contributed by atoms with Crippen molar-refractivity contribution in [1.82, 2.24) is 0 Å². The Balaban J connectivity index is 1.24. The molecule has 0 amide bonds. The Morgan fingerprint density at radius 2 is 1.50 bits per heavy atom. The number of hydrogen-bond donors (Lipinski definition) is 0. The largest absolute Gasteiger partial charge is 0.386 e. The SMILES string of the molecule is C=CC1CCC(c2ccc(C(F)(F)OCCc3ccc(C4CCC(CCCCC)CC4)cc3)c(F)c2)CC1. The minimum atomic E-state index is -3.65. The predicted octanol–water partition coefficient (Wildman–Crippen LogP) is 10.4. The van der Waals surface area contributed by atoms with Gasteiger partial charge in [0.1, 0.15) is 5.82 Å². The number of unbranched alkanes of at least 4 members (excludes halogenated alkanes) is 2. The highest BCUT2D eigenvalue weighted by Crippen LogP contribution is 2.39. The molecule has 0 N–H and O–H groups in total. The van der Waals surface area contributed by atoms with Gasteiger partial charge < -0.3 is 4.74 Å². The first kappa shape index (κ1) is 28.9. The molecule has 0 heterocycles. The number of alkyl halides is 2. The predicted molar refractivity (Wildman–Crippen MR) is 150 cm³/mol. The molecular weight excluding hydrogens is 481 g/mol. The Morgan fingerprint density at radius 3 is 2.13 bits per heavy atom. The Hall–Kier alpha value is -2.07. The molecular formula is C34H45F3O. The van der Waals surface area contributed by atoms with Gasteiger partial charge in [0.25, 0.3) is 0 Å². The zero-order valence-electron chi connectivity index (χ0n) is 23.1. The third-order valence-electron chi connectivity index (χ3n) is 9.07. The molecule has 2 aliphatic rings. The average Bonchev–Trinajstić information content (AvgIpc) is 2.94. The Morgan fingerprint density at radius 1 is 0.868 bits per heavy atom. The van der Waals surface area contributed by atoms with E-state index in [0.29, 0.717) is 18.3 Å². The van der Waals surface area contributed by atoms with Crippen LogP contribution in [0.3, 0.4) is 0 Å². The van der Waals surface area contributed by atoms with Crippen LogP contribution in [0.15, 0.2) is 55.1 Å². The lowest BCUT2D eigenvalue weighted by Gasteiger charge is -2.29. The van der Waals surface area contributed by atoms with Gasteiger partial charge in [0, 0.05) is 0 Å². The Kier molecular flexibility index (Phi) is 10.5. The van der Waals surface area contributed by atoms with Gasteiger partial charge in [-0.3, -0.25) is 0 Å². The summed E-state index contributed by atoms with van der Waals surface area (Å²) in [5, 5.41) is 0. The van der Waals surface area contributed by atoms with Crippen LogP contribution in [0.25, 0.3) is 0 Å². The maximum absolute atomic E-state index is 14.8. The van der Waals surface area contributed by atoms with Crippen LogP contribution in [0.1, 0.15) is 118 Å². The second-order valence-corrected chi connectivity index (χ2v) is 11.7. The molecule has 4 rings (SSSR count). The quantitative estimate of drug-likeness (QED) is 0.197. The molecule has 2 aromatic rings. The standard InChI is InChI=1S/C34H45F3O/c1-3-5-6-7-26-10-16-28(17-11-26)29-18-12-27(13-19-29)22-23-38-34(36,37)32-21-20-31(24-33(32)35)30-14-8-25(4-2)9-15-30/h4,12-13,18-21,24-26,28,30H,2-3,5-11,14-17,22-23H2,1H3. The minimum absolute atomic E-state index is 0.165. The van der Waals surface area contributed by atoms with Gasteiger partial charge in [-0.05, 0) is 110 Å². The molecule has 0 aromatic heterocycles. The van der Waals surface area contributed by atoms with E-state index in [2.05, 4.69) is 25.6 Å². The number of rotatable bonds is 12. The van der Waals surface area contributed by atoms with Crippen LogP contribution >= 0.6 is 0 Å². The second-order valence-electron chi connectivity index (χ2n) is 11.7. The summed E-state index contributed by atoms with van der Waals surface area (Å²) in [6.07, 6.45) is 13.0. The lowest BCUT2D eigenvalue weighted by atomic mass is 9.77. The van der Waals surface area contributed by atoms with E-state index in [4.69, 9.17) is 4.74 Å². The van der Waals surface area contributed by atoms with Crippen molar-refractivity contribution < 1.29 is 17.9 Å². The van der Waals surface area contributed by atoms with Crippen LogP contribution in [0.4, 0.5) is 13.2 Å². The Bertz CT molecular complexity index is 999. The molecule has 2 aliphatic carbocycles. The third-order valence-corrected chi connectivity index (χ3v) is 9.07. The molecule has 2 saturated carbocycles. The molecule has 0 radical (unpaired) electrons. The molecule has 0 atom stereocenters. The summed E-state index contributed by atoms with van der Waals surface area (Å²) in [6.45, 7) is 5.95. The molecule has 2 aromatic carbocycles. The maximum atomic E-state index is 14.8. The lowest BCUT2D eigenvalue weighted by Crippen LogP contribution is -2.22. The minimum Gasteiger partial charge on any atom is -0.316 e. The van der Waals surface area contributed by atoms with E-state index in [1.807, 2.05) is 18.2 Å². The molecule has 0 unspecified atom stereocenters. The van der Waals surface area contributed by atoms with Crippen LogP contribution in [0, 0.1) is 17.7 Å². The normalized spacial score (nSPS) is 24.3. The number of halogens is 3. The summed E-state index contributed by atoms with van der Waals surface area (Å²) < 4.78 is 49.2. The fourth-order valence-corrected chi connectivity index (χ4v) is 6.51. The summed E-state index contributed by atoms with van der Waals surface area (Å²) >= 11 is 0. The second kappa shape index (κ2) is 13.8. The first-order valence-electron chi connectivity index (χ1n) is 14.9. The summed E-state index contributed by atoms with van der Waals surface area (Å²) in [5.41, 5.74) is 2.44. The van der Waals surface area contributed by atoms with E-state index in [1.54, 1.807) is 6.07 Å². The first-order valence-corrected chi connectivity index (χ1v) is 14.9. The molecule has 1 nitrogen and oxygen atoms in total. The lowest BCUT2D eigenvalue weighted by molar-refractivity contribution is -0.249. The highest BCUT2D eigenvalue weighted by molar-refractivity contribution is 5.30. The summed E-state index contributed by atoms with van der Waals surface area (Å²) in [6, 6.07) is 12.5. The highest BCUT2D eigenvalue weighted by Gasteiger charge is 2.36. The van der Waals surface area contributed by atoms with Crippen LogP contribution in [0.2, 0.25) is 0 Å². The monoisotopic (exact) mass is 526 g/mol. The molecule has 208 valence electrons. The van der Waals surface area contributed by atoms with Crippen molar-refractivity contribution in [2.75, 3.05) is 6.61 Å².